The minimum atomic E-state index is -0.570. The van der Waals surface area contributed by atoms with Gasteiger partial charge in [0, 0.05) is 44.4 Å². The van der Waals surface area contributed by atoms with E-state index < -0.39 is 17.7 Å². The van der Waals surface area contributed by atoms with Crippen molar-refractivity contribution in [3.8, 4) is 0 Å². The van der Waals surface area contributed by atoms with Gasteiger partial charge in [0.05, 0.1) is 42.6 Å². The molecule has 1 saturated heterocycles. The van der Waals surface area contributed by atoms with Crippen molar-refractivity contribution >= 4 is 35.4 Å². The maximum Gasteiger partial charge on any atom is 0.409 e. The van der Waals surface area contributed by atoms with E-state index in [-0.39, 0.29) is 12.1 Å². The third-order valence-corrected chi connectivity index (χ3v) is 9.39. The van der Waals surface area contributed by atoms with E-state index in [0.29, 0.717) is 43.7 Å². The molecule has 44 heavy (non-hydrogen) atoms. The second-order valence-corrected chi connectivity index (χ2v) is 13.0. The molecule has 10 nitrogen and oxygen atoms in total. The number of fused-ring (bicyclic) bond motifs is 2. The standard InChI is InChI=1S/C33H37ClN6O4/c1-33(9-10-33)44-31(41)37-29(27-18-35-20-38(27)2)26-16-22-4-3-11-36-28(22)30(24-8-7-23(34)17-25(24)26)39-12-14-40(15-13-39)32(42)43-19-21-5-6-21/h3-4,7-8,11,16-18,20-21,29-30H,5-6,9-10,12-15,19H2,1-2H3,(H,37,41). The summed E-state index contributed by atoms with van der Waals surface area (Å²) in [5.74, 6) is 0.530. The maximum absolute atomic E-state index is 13.3. The van der Waals surface area contributed by atoms with Gasteiger partial charge in [0.25, 0.3) is 0 Å². The lowest BCUT2D eigenvalue weighted by Crippen LogP contribution is -2.50. The monoisotopic (exact) mass is 616 g/mol. The maximum atomic E-state index is 13.3. The quantitative estimate of drug-likeness (QED) is 0.369. The summed E-state index contributed by atoms with van der Waals surface area (Å²) >= 11 is 6.67. The number of rotatable bonds is 7. The number of ether oxygens (including phenoxy) is 2. The van der Waals surface area contributed by atoms with E-state index in [1.807, 2.05) is 42.9 Å². The Bertz CT molecular complexity index is 1600. The van der Waals surface area contributed by atoms with Gasteiger partial charge >= 0.3 is 12.2 Å². The van der Waals surface area contributed by atoms with Gasteiger partial charge in [0.15, 0.2) is 0 Å². The first-order valence-electron chi connectivity index (χ1n) is 15.4. The molecule has 3 aliphatic carbocycles. The minimum Gasteiger partial charge on any atom is -0.449 e. The van der Waals surface area contributed by atoms with Crippen LogP contribution in [-0.2, 0) is 16.5 Å². The van der Waals surface area contributed by atoms with Gasteiger partial charge in [0.2, 0.25) is 0 Å². The summed E-state index contributed by atoms with van der Waals surface area (Å²) < 4.78 is 13.3. The average Bonchev–Trinajstić information content (AvgIpc) is 3.94. The van der Waals surface area contributed by atoms with Crippen LogP contribution in [0.1, 0.15) is 72.8 Å². The smallest absolute Gasteiger partial charge is 0.409 e. The number of carbonyl (C=O) groups excluding carboxylic acids is 2. The third-order valence-electron chi connectivity index (χ3n) is 9.16. The first kappa shape index (κ1) is 28.9. The van der Waals surface area contributed by atoms with Crippen molar-refractivity contribution < 1.29 is 19.1 Å². The number of aromatic nitrogens is 3. The molecule has 7 rings (SSSR count). The van der Waals surface area contributed by atoms with E-state index in [9.17, 15) is 9.59 Å². The molecule has 2 amide bonds. The van der Waals surface area contributed by atoms with Crippen LogP contribution in [0.15, 0.2) is 49.1 Å². The first-order chi connectivity index (χ1) is 21.3. The van der Waals surface area contributed by atoms with Crippen LogP contribution in [0, 0.1) is 5.92 Å². The van der Waals surface area contributed by atoms with Gasteiger partial charge < -0.3 is 24.3 Å². The van der Waals surface area contributed by atoms with Gasteiger partial charge in [-0.2, -0.15) is 0 Å². The van der Waals surface area contributed by atoms with Crippen LogP contribution in [0.5, 0.6) is 0 Å². The Morgan fingerprint density at radius 2 is 1.95 bits per heavy atom. The topological polar surface area (TPSA) is 102 Å². The number of pyridine rings is 1. The summed E-state index contributed by atoms with van der Waals surface area (Å²) in [6, 6.07) is 9.14. The van der Waals surface area contributed by atoms with Crippen LogP contribution in [0.2, 0.25) is 5.02 Å². The molecule has 0 spiro atoms. The highest BCUT2D eigenvalue weighted by Crippen LogP contribution is 2.45. The molecule has 2 unspecified atom stereocenters. The second-order valence-electron chi connectivity index (χ2n) is 12.6. The number of carbonyl (C=O) groups is 2. The number of benzene rings is 1. The van der Waals surface area contributed by atoms with E-state index in [0.717, 1.165) is 59.3 Å². The number of nitrogens with one attached hydrogen (secondary N) is 1. The van der Waals surface area contributed by atoms with E-state index in [4.69, 9.17) is 26.1 Å². The zero-order valence-corrected chi connectivity index (χ0v) is 25.8. The molecular weight excluding hydrogens is 580 g/mol. The number of hydrogen-bond donors (Lipinski definition) is 1. The number of imidazole rings is 1. The molecule has 0 radical (unpaired) electrons. The Morgan fingerprint density at radius 1 is 1.16 bits per heavy atom. The number of nitrogens with zero attached hydrogens (tertiary/aromatic N) is 5. The number of alkyl carbamates (subject to hydrolysis) is 1. The zero-order valence-electron chi connectivity index (χ0n) is 25.0. The fourth-order valence-corrected chi connectivity index (χ4v) is 6.30. The molecule has 3 aromatic rings. The molecule has 2 saturated carbocycles. The summed E-state index contributed by atoms with van der Waals surface area (Å²) in [5, 5.41) is 3.75. The van der Waals surface area contributed by atoms with Crippen LogP contribution < -0.4 is 5.32 Å². The van der Waals surface area contributed by atoms with E-state index in [2.05, 4.69) is 33.4 Å². The SMILES string of the molecule is Cn1cncc1C(NC(=O)OC1(C)CC1)C1=Cc2cccnc2C(N2CCN(C(=O)OCC3CC3)CC2)c2ccc(Cl)cc21. The van der Waals surface area contributed by atoms with Gasteiger partial charge in [-0.1, -0.05) is 23.7 Å². The van der Waals surface area contributed by atoms with Gasteiger partial charge in [-0.3, -0.25) is 9.88 Å². The Hall–Kier alpha value is -3.89. The lowest BCUT2D eigenvalue weighted by Gasteiger charge is -2.39. The summed E-state index contributed by atoms with van der Waals surface area (Å²) in [7, 11) is 1.91. The van der Waals surface area contributed by atoms with Crippen LogP contribution in [-0.4, -0.2) is 74.9 Å². The van der Waals surface area contributed by atoms with Crippen LogP contribution in [0.3, 0.4) is 0 Å². The molecule has 3 heterocycles. The predicted octanol–water partition coefficient (Wildman–Crippen LogP) is 5.60. The van der Waals surface area contributed by atoms with Gasteiger partial charge in [-0.15, -0.1) is 0 Å². The van der Waals surface area contributed by atoms with Crippen molar-refractivity contribution in [3.05, 3.63) is 82.2 Å². The number of hydrogen-bond acceptors (Lipinski definition) is 7. The number of amides is 2. The fourth-order valence-electron chi connectivity index (χ4n) is 6.13. The van der Waals surface area contributed by atoms with Crippen molar-refractivity contribution in [1.29, 1.82) is 0 Å². The molecule has 1 aliphatic heterocycles. The van der Waals surface area contributed by atoms with Crippen molar-refractivity contribution in [1.82, 2.24) is 29.7 Å². The zero-order chi connectivity index (χ0) is 30.4. The molecular formula is C33H37ClN6O4. The van der Waals surface area contributed by atoms with Gasteiger partial charge in [-0.05, 0) is 85.1 Å². The van der Waals surface area contributed by atoms with Crippen molar-refractivity contribution in [2.75, 3.05) is 32.8 Å². The normalized spacial score (nSPS) is 21.3. The molecule has 11 heteroatoms. The van der Waals surface area contributed by atoms with E-state index >= 15 is 0 Å². The first-order valence-corrected chi connectivity index (χ1v) is 15.7. The van der Waals surface area contributed by atoms with Crippen molar-refractivity contribution in [2.24, 2.45) is 13.0 Å². The lowest BCUT2D eigenvalue weighted by atomic mass is 9.90. The van der Waals surface area contributed by atoms with Crippen molar-refractivity contribution in [3.63, 3.8) is 0 Å². The minimum absolute atomic E-state index is 0.193. The Kier molecular flexibility index (Phi) is 7.58. The molecule has 4 aliphatic rings. The largest absolute Gasteiger partial charge is 0.449 e. The summed E-state index contributed by atoms with van der Waals surface area (Å²) in [6.45, 7) is 4.91. The highest BCUT2D eigenvalue weighted by atomic mass is 35.5. The number of aryl methyl sites for hydroxylation is 1. The molecule has 0 bridgehead atoms. The third kappa shape index (κ3) is 5.93. The second kappa shape index (κ2) is 11.6. The number of piperazine rings is 1. The Morgan fingerprint density at radius 3 is 2.66 bits per heavy atom. The van der Waals surface area contributed by atoms with Crippen LogP contribution in [0.4, 0.5) is 9.59 Å². The molecule has 3 fully saturated rings. The molecule has 1 aromatic carbocycles. The number of halogens is 1. The average molecular weight is 617 g/mol. The van der Waals surface area contributed by atoms with E-state index in [1.165, 1.54) is 0 Å². The summed E-state index contributed by atoms with van der Waals surface area (Å²) in [6.07, 6.45) is 10.7. The highest BCUT2D eigenvalue weighted by molar-refractivity contribution is 6.30. The van der Waals surface area contributed by atoms with Crippen LogP contribution in [0.25, 0.3) is 11.6 Å². The fraction of sp³-hybridized carbons (Fsp3) is 0.455. The van der Waals surface area contributed by atoms with Gasteiger partial charge in [0.1, 0.15) is 5.60 Å². The molecule has 2 aromatic heterocycles. The van der Waals surface area contributed by atoms with E-state index in [1.54, 1.807) is 17.4 Å². The van der Waals surface area contributed by atoms with Crippen LogP contribution >= 0.6 is 11.6 Å². The molecule has 2 atom stereocenters. The summed E-state index contributed by atoms with van der Waals surface area (Å²) in [4.78, 5) is 39.5. The van der Waals surface area contributed by atoms with Crippen molar-refractivity contribution in [2.45, 2.75) is 50.3 Å². The van der Waals surface area contributed by atoms with Gasteiger partial charge in [-0.25, -0.2) is 14.6 Å². The summed E-state index contributed by atoms with van der Waals surface area (Å²) in [5.41, 5.74) is 5.05. The molecule has 1 N–H and O–H groups in total. The highest BCUT2D eigenvalue weighted by Gasteiger charge is 2.43. The molecule has 230 valence electrons. The Labute approximate surface area is 262 Å². The lowest BCUT2D eigenvalue weighted by molar-refractivity contribution is 0.0656. The Balaban J connectivity index is 1.25. The predicted molar refractivity (Wildman–Crippen MR) is 166 cm³/mol.